The summed E-state index contributed by atoms with van der Waals surface area (Å²) in [6, 6.07) is 0. The van der Waals surface area contributed by atoms with Crippen LogP contribution in [0.4, 0.5) is 10.8 Å². The zero-order valence-corrected chi connectivity index (χ0v) is 11.5. The number of anilines is 2. The maximum atomic E-state index is 5.78. The predicted octanol–water partition coefficient (Wildman–Crippen LogP) is 1.86. The van der Waals surface area contributed by atoms with Gasteiger partial charge in [0, 0.05) is 19.4 Å². The number of nitrogen functional groups attached to an aromatic ring is 1. The Morgan fingerprint density at radius 2 is 2.33 bits per heavy atom. The fourth-order valence-corrected chi connectivity index (χ4v) is 2.13. The van der Waals surface area contributed by atoms with E-state index in [9.17, 15) is 0 Å². The van der Waals surface area contributed by atoms with Gasteiger partial charge in [-0.25, -0.2) is 4.98 Å². The quantitative estimate of drug-likeness (QED) is 0.864. The summed E-state index contributed by atoms with van der Waals surface area (Å²) in [5.41, 5.74) is 5.78. The van der Waals surface area contributed by atoms with Gasteiger partial charge in [0.15, 0.2) is 16.6 Å². The number of aryl methyl sites for hydroxylation is 1. The van der Waals surface area contributed by atoms with Gasteiger partial charge in [0.2, 0.25) is 0 Å². The number of nitrogens with zero attached hydrogens (tertiary/aromatic N) is 3. The Bertz CT molecular complexity index is 519. The molecule has 0 radical (unpaired) electrons. The Morgan fingerprint density at radius 1 is 1.56 bits per heavy atom. The van der Waals surface area contributed by atoms with E-state index in [-0.39, 0.29) is 6.10 Å². The van der Waals surface area contributed by atoms with Crippen LogP contribution < -0.4 is 15.8 Å². The van der Waals surface area contributed by atoms with E-state index in [1.54, 1.807) is 6.20 Å². The van der Waals surface area contributed by atoms with Crippen molar-refractivity contribution in [3.05, 3.63) is 18.2 Å². The van der Waals surface area contributed by atoms with Crippen LogP contribution in [0.1, 0.15) is 19.7 Å². The lowest BCUT2D eigenvalue weighted by molar-refractivity contribution is 0.245. The molecule has 0 saturated heterocycles. The third-order valence-corrected chi connectivity index (χ3v) is 3.16. The second-order valence-electron chi connectivity index (χ2n) is 4.20. The van der Waals surface area contributed by atoms with Crippen LogP contribution in [0.3, 0.4) is 0 Å². The zero-order chi connectivity index (χ0) is 13.1. The van der Waals surface area contributed by atoms with Gasteiger partial charge >= 0.3 is 0 Å². The molecule has 0 saturated carbocycles. The second kappa shape index (κ2) is 5.26. The number of ether oxygens (including phenoxy) is 1. The standard InChI is InChI=1S/C11H17N5OS/c1-7(2)17-9-10(12)15-18-11(9)14-6-8-13-4-5-16(8)3/h4-5,7,14H,6H2,1-3H3,(H2,12,15). The number of rotatable bonds is 5. The molecule has 0 bridgehead atoms. The smallest absolute Gasteiger partial charge is 0.197 e. The first kappa shape index (κ1) is 12.7. The van der Waals surface area contributed by atoms with Crippen molar-refractivity contribution in [3.8, 4) is 5.75 Å². The lowest BCUT2D eigenvalue weighted by atomic mass is 10.4. The number of imidazole rings is 1. The molecule has 0 spiro atoms. The molecule has 7 heteroatoms. The maximum Gasteiger partial charge on any atom is 0.197 e. The highest BCUT2D eigenvalue weighted by molar-refractivity contribution is 7.11. The molecular formula is C11H17N5OS. The summed E-state index contributed by atoms with van der Waals surface area (Å²) in [6.07, 6.45) is 3.74. The van der Waals surface area contributed by atoms with Gasteiger partial charge in [-0.15, -0.1) is 0 Å². The molecule has 0 aromatic carbocycles. The third-order valence-electron chi connectivity index (χ3n) is 2.36. The molecule has 2 aromatic rings. The SMILES string of the molecule is CC(C)Oc1c(N)nsc1NCc1nccn1C. The molecule has 0 aliphatic heterocycles. The fraction of sp³-hybridized carbons (Fsp3) is 0.455. The number of aromatic nitrogens is 3. The Kier molecular flexibility index (Phi) is 3.71. The minimum absolute atomic E-state index is 0.0670. The molecule has 0 aliphatic carbocycles. The van der Waals surface area contributed by atoms with E-state index < -0.39 is 0 Å². The molecular weight excluding hydrogens is 250 g/mol. The number of hydrogen-bond acceptors (Lipinski definition) is 6. The second-order valence-corrected chi connectivity index (χ2v) is 4.97. The average Bonchev–Trinajstić information content (AvgIpc) is 2.85. The van der Waals surface area contributed by atoms with Crippen LogP contribution in [0, 0.1) is 0 Å². The van der Waals surface area contributed by atoms with Crippen LogP contribution in [-0.2, 0) is 13.6 Å². The molecule has 0 atom stereocenters. The topological polar surface area (TPSA) is 78.0 Å². The van der Waals surface area contributed by atoms with Crippen molar-refractivity contribution in [2.24, 2.45) is 7.05 Å². The molecule has 2 heterocycles. The lowest BCUT2D eigenvalue weighted by Crippen LogP contribution is -2.09. The van der Waals surface area contributed by atoms with Crippen molar-refractivity contribution in [3.63, 3.8) is 0 Å². The van der Waals surface area contributed by atoms with Crippen LogP contribution in [0.2, 0.25) is 0 Å². The molecule has 2 rings (SSSR count). The van der Waals surface area contributed by atoms with Crippen LogP contribution >= 0.6 is 11.5 Å². The molecule has 6 nitrogen and oxygen atoms in total. The summed E-state index contributed by atoms with van der Waals surface area (Å²) in [5, 5.41) is 4.09. The van der Waals surface area contributed by atoms with Gasteiger partial charge in [-0.05, 0) is 25.4 Å². The van der Waals surface area contributed by atoms with E-state index in [2.05, 4.69) is 14.7 Å². The van der Waals surface area contributed by atoms with Crippen molar-refractivity contribution in [1.29, 1.82) is 0 Å². The van der Waals surface area contributed by atoms with Gasteiger partial charge in [0.1, 0.15) is 5.82 Å². The first-order valence-corrected chi connectivity index (χ1v) is 6.47. The van der Waals surface area contributed by atoms with E-state index in [0.717, 1.165) is 10.8 Å². The van der Waals surface area contributed by atoms with E-state index in [4.69, 9.17) is 10.5 Å². The van der Waals surface area contributed by atoms with Gasteiger partial charge in [0.05, 0.1) is 12.6 Å². The highest BCUT2D eigenvalue weighted by Crippen LogP contribution is 2.36. The first-order valence-electron chi connectivity index (χ1n) is 5.69. The number of hydrogen-bond donors (Lipinski definition) is 2. The molecule has 0 amide bonds. The van der Waals surface area contributed by atoms with Gasteiger partial charge in [-0.3, -0.25) is 0 Å². The largest absolute Gasteiger partial charge is 0.484 e. The molecule has 2 aromatic heterocycles. The lowest BCUT2D eigenvalue weighted by Gasteiger charge is -2.11. The Labute approximate surface area is 110 Å². The van der Waals surface area contributed by atoms with Gasteiger partial charge in [0.25, 0.3) is 0 Å². The van der Waals surface area contributed by atoms with Crippen LogP contribution in [0.15, 0.2) is 12.4 Å². The van der Waals surface area contributed by atoms with Gasteiger partial charge in [-0.2, -0.15) is 4.37 Å². The monoisotopic (exact) mass is 267 g/mol. The molecule has 18 heavy (non-hydrogen) atoms. The Balaban J connectivity index is 2.07. The third kappa shape index (κ3) is 2.73. The van der Waals surface area contributed by atoms with Crippen molar-refractivity contribution >= 4 is 22.4 Å². The summed E-state index contributed by atoms with van der Waals surface area (Å²) < 4.78 is 11.7. The van der Waals surface area contributed by atoms with Gasteiger partial charge < -0.3 is 20.4 Å². The van der Waals surface area contributed by atoms with Crippen LogP contribution in [0.5, 0.6) is 5.75 Å². The maximum absolute atomic E-state index is 5.78. The minimum atomic E-state index is 0.0670. The normalized spacial score (nSPS) is 10.9. The highest BCUT2D eigenvalue weighted by Gasteiger charge is 2.14. The van der Waals surface area contributed by atoms with Crippen LogP contribution in [0.25, 0.3) is 0 Å². The van der Waals surface area contributed by atoms with Crippen molar-refractivity contribution in [2.75, 3.05) is 11.1 Å². The molecule has 3 N–H and O–H groups in total. The van der Waals surface area contributed by atoms with Gasteiger partial charge in [-0.1, -0.05) is 0 Å². The van der Waals surface area contributed by atoms with Crippen LogP contribution in [-0.4, -0.2) is 20.0 Å². The van der Waals surface area contributed by atoms with Crippen molar-refractivity contribution < 1.29 is 4.74 Å². The summed E-state index contributed by atoms with van der Waals surface area (Å²) in [5.74, 6) is 2.00. The van der Waals surface area contributed by atoms with E-state index in [1.807, 2.05) is 31.7 Å². The summed E-state index contributed by atoms with van der Waals surface area (Å²) in [4.78, 5) is 4.24. The van der Waals surface area contributed by atoms with E-state index >= 15 is 0 Å². The fourth-order valence-electron chi connectivity index (χ4n) is 1.48. The average molecular weight is 267 g/mol. The number of nitrogens with two attached hydrogens (primary N) is 1. The Morgan fingerprint density at radius 3 is 2.94 bits per heavy atom. The predicted molar refractivity (Wildman–Crippen MR) is 72.8 cm³/mol. The Hall–Kier alpha value is -1.76. The molecule has 98 valence electrons. The first-order chi connectivity index (χ1) is 8.58. The molecule has 0 aliphatic rings. The van der Waals surface area contributed by atoms with Crippen molar-refractivity contribution in [2.45, 2.75) is 26.5 Å². The number of nitrogens with one attached hydrogen (secondary N) is 1. The summed E-state index contributed by atoms with van der Waals surface area (Å²) in [7, 11) is 1.95. The van der Waals surface area contributed by atoms with E-state index in [0.29, 0.717) is 18.1 Å². The summed E-state index contributed by atoms with van der Waals surface area (Å²) in [6.45, 7) is 4.53. The highest BCUT2D eigenvalue weighted by atomic mass is 32.1. The zero-order valence-electron chi connectivity index (χ0n) is 10.7. The summed E-state index contributed by atoms with van der Waals surface area (Å²) >= 11 is 1.30. The minimum Gasteiger partial charge on any atom is -0.484 e. The molecule has 0 fully saturated rings. The van der Waals surface area contributed by atoms with E-state index in [1.165, 1.54) is 11.5 Å². The molecule has 0 unspecified atom stereocenters. The van der Waals surface area contributed by atoms with Crippen molar-refractivity contribution in [1.82, 2.24) is 13.9 Å².